The highest BCUT2D eigenvalue weighted by atomic mass is 16.5. The normalized spacial score (nSPS) is 13.5. The van der Waals surface area contributed by atoms with E-state index >= 15 is 0 Å². The van der Waals surface area contributed by atoms with E-state index < -0.39 is 0 Å². The molecule has 7 nitrogen and oxygen atoms in total. The summed E-state index contributed by atoms with van der Waals surface area (Å²) >= 11 is 0. The van der Waals surface area contributed by atoms with Crippen molar-refractivity contribution < 1.29 is 9.53 Å². The summed E-state index contributed by atoms with van der Waals surface area (Å²) < 4.78 is 5.21. The van der Waals surface area contributed by atoms with Crippen molar-refractivity contribution in [3.05, 3.63) is 35.7 Å². The Morgan fingerprint density at radius 2 is 2.18 bits per heavy atom. The van der Waals surface area contributed by atoms with Crippen LogP contribution in [0.25, 0.3) is 0 Å². The first-order valence-electron chi connectivity index (χ1n) is 7.15. The molecule has 0 saturated heterocycles. The Bertz CT molecular complexity index is 614. The maximum absolute atomic E-state index is 12.6. The number of likely N-dealkylation sites (N-methyl/N-ethyl adjacent to an activating group) is 1. The van der Waals surface area contributed by atoms with E-state index in [1.807, 2.05) is 38.1 Å². The van der Waals surface area contributed by atoms with Crippen LogP contribution in [-0.2, 0) is 4.79 Å². The van der Waals surface area contributed by atoms with Gasteiger partial charge in [-0.25, -0.2) is 0 Å². The van der Waals surface area contributed by atoms with Gasteiger partial charge in [0.05, 0.1) is 13.0 Å². The topological polar surface area (TPSA) is 84.0 Å². The third-order valence-corrected chi connectivity index (χ3v) is 3.69. The van der Waals surface area contributed by atoms with Gasteiger partial charge in [-0.3, -0.25) is 4.79 Å². The Labute approximate surface area is 129 Å². The van der Waals surface area contributed by atoms with Gasteiger partial charge in [-0.1, -0.05) is 24.3 Å². The van der Waals surface area contributed by atoms with Gasteiger partial charge in [0, 0.05) is 19.5 Å². The molecule has 0 aliphatic heterocycles. The number of nitrogens with zero attached hydrogens (tertiary/aromatic N) is 4. The Balaban J connectivity index is 2.02. The molecule has 2 aromatic rings. The van der Waals surface area contributed by atoms with Gasteiger partial charge >= 0.3 is 0 Å². The van der Waals surface area contributed by atoms with Gasteiger partial charge < -0.3 is 9.64 Å². The minimum absolute atomic E-state index is 0.0187. The number of hydrogen-bond donors (Lipinski definition) is 1. The van der Waals surface area contributed by atoms with Gasteiger partial charge in [0.1, 0.15) is 5.75 Å². The summed E-state index contributed by atoms with van der Waals surface area (Å²) in [6.07, 6.45) is 0. The number of carbonyl (C=O) groups is 1. The summed E-state index contributed by atoms with van der Waals surface area (Å²) in [4.78, 5) is 14.3. The highest BCUT2D eigenvalue weighted by Crippen LogP contribution is 2.23. The third kappa shape index (κ3) is 3.60. The smallest absolute Gasteiger partial charge is 0.229 e. The molecular formula is C15H21N5O2. The Morgan fingerprint density at radius 3 is 2.82 bits per heavy atom. The second kappa shape index (κ2) is 7.02. The summed E-state index contributed by atoms with van der Waals surface area (Å²) in [5, 5.41) is 13.9. The molecule has 1 amide bonds. The average molecular weight is 303 g/mol. The number of benzene rings is 1. The second-order valence-electron chi connectivity index (χ2n) is 5.39. The molecule has 118 valence electrons. The predicted octanol–water partition coefficient (Wildman–Crippen LogP) is 1.57. The number of carbonyl (C=O) groups excluding carboxylic acids is 1. The molecule has 0 radical (unpaired) electrons. The van der Waals surface area contributed by atoms with Gasteiger partial charge in [-0.2, -0.15) is 5.21 Å². The van der Waals surface area contributed by atoms with Crippen LogP contribution < -0.4 is 4.74 Å². The van der Waals surface area contributed by atoms with Crippen LogP contribution in [0.15, 0.2) is 24.3 Å². The number of ether oxygens (including phenoxy) is 1. The van der Waals surface area contributed by atoms with E-state index in [0.29, 0.717) is 12.4 Å². The molecule has 0 aliphatic carbocycles. The largest absolute Gasteiger partial charge is 0.497 e. The number of nitrogens with one attached hydrogen (secondary N) is 1. The first kappa shape index (κ1) is 15.9. The zero-order valence-corrected chi connectivity index (χ0v) is 13.3. The van der Waals surface area contributed by atoms with Crippen LogP contribution in [0.1, 0.15) is 37.1 Å². The van der Waals surface area contributed by atoms with Gasteiger partial charge in [-0.15, -0.1) is 10.2 Å². The van der Waals surface area contributed by atoms with Crippen molar-refractivity contribution in [1.82, 2.24) is 25.5 Å². The molecule has 0 aliphatic rings. The van der Waals surface area contributed by atoms with Crippen molar-refractivity contribution in [3.63, 3.8) is 0 Å². The summed E-state index contributed by atoms with van der Waals surface area (Å²) in [7, 11) is 3.40. The van der Waals surface area contributed by atoms with Crippen molar-refractivity contribution in [3.8, 4) is 5.75 Å². The molecule has 0 fully saturated rings. The van der Waals surface area contributed by atoms with E-state index in [2.05, 4.69) is 20.6 Å². The lowest BCUT2D eigenvalue weighted by molar-refractivity contribution is -0.131. The molecule has 0 bridgehead atoms. The molecule has 22 heavy (non-hydrogen) atoms. The van der Waals surface area contributed by atoms with Crippen molar-refractivity contribution in [2.75, 3.05) is 20.7 Å². The third-order valence-electron chi connectivity index (χ3n) is 3.69. The van der Waals surface area contributed by atoms with Crippen LogP contribution in [0.5, 0.6) is 5.75 Å². The van der Waals surface area contributed by atoms with Gasteiger partial charge in [-0.05, 0) is 24.6 Å². The number of H-pyrrole nitrogens is 1. The van der Waals surface area contributed by atoms with Crippen LogP contribution in [-0.4, -0.2) is 52.1 Å². The van der Waals surface area contributed by atoms with Crippen LogP contribution >= 0.6 is 0 Å². The SMILES string of the molecule is COc1cccc([C@@H](C)C(=O)N(C)C[C@@H](C)c2nn[nH]n2)c1. The Hall–Kier alpha value is -2.44. The number of tetrazole rings is 1. The maximum Gasteiger partial charge on any atom is 0.229 e. The number of methoxy groups -OCH3 is 1. The van der Waals surface area contributed by atoms with E-state index in [-0.39, 0.29) is 17.7 Å². The lowest BCUT2D eigenvalue weighted by Crippen LogP contribution is -2.33. The first-order chi connectivity index (χ1) is 10.5. The molecule has 1 aromatic heterocycles. The predicted molar refractivity (Wildman–Crippen MR) is 81.6 cm³/mol. The van der Waals surface area contributed by atoms with Crippen LogP contribution in [0, 0.1) is 0 Å². The van der Waals surface area contributed by atoms with E-state index in [1.165, 1.54) is 0 Å². The van der Waals surface area contributed by atoms with E-state index in [9.17, 15) is 4.79 Å². The van der Waals surface area contributed by atoms with Crippen LogP contribution in [0.3, 0.4) is 0 Å². The molecule has 0 spiro atoms. The standard InChI is InChI=1S/C15H21N5O2/c1-10(14-16-18-19-17-14)9-20(3)15(21)11(2)12-6-5-7-13(8-12)22-4/h5-8,10-11H,9H2,1-4H3,(H,16,17,18,19)/t10-,11-/m1/s1. The van der Waals surface area contributed by atoms with Crippen molar-refractivity contribution in [1.29, 1.82) is 0 Å². The minimum Gasteiger partial charge on any atom is -0.497 e. The molecule has 1 heterocycles. The molecular weight excluding hydrogens is 282 g/mol. The summed E-state index contributed by atoms with van der Waals surface area (Å²) in [5.41, 5.74) is 0.934. The fraction of sp³-hybridized carbons (Fsp3) is 0.467. The van der Waals surface area contributed by atoms with E-state index in [0.717, 1.165) is 11.3 Å². The summed E-state index contributed by atoms with van der Waals surface area (Å²) in [6, 6.07) is 7.57. The summed E-state index contributed by atoms with van der Waals surface area (Å²) in [6.45, 7) is 4.39. The van der Waals surface area contributed by atoms with Gasteiger partial charge in [0.15, 0.2) is 5.82 Å². The number of aromatic nitrogens is 4. The molecule has 2 rings (SSSR count). The molecule has 1 N–H and O–H groups in total. The fourth-order valence-corrected chi connectivity index (χ4v) is 2.34. The lowest BCUT2D eigenvalue weighted by atomic mass is 9.99. The molecule has 0 unspecified atom stereocenters. The summed E-state index contributed by atoms with van der Waals surface area (Å²) in [5.74, 6) is 1.18. The number of amides is 1. The minimum atomic E-state index is -0.238. The average Bonchev–Trinajstić information content (AvgIpc) is 3.08. The molecule has 2 atom stereocenters. The van der Waals surface area contributed by atoms with Crippen LogP contribution in [0.4, 0.5) is 0 Å². The van der Waals surface area contributed by atoms with Gasteiger partial charge in [0.2, 0.25) is 5.91 Å². The quantitative estimate of drug-likeness (QED) is 0.875. The van der Waals surface area contributed by atoms with E-state index in [1.54, 1.807) is 19.1 Å². The first-order valence-corrected chi connectivity index (χ1v) is 7.15. The zero-order chi connectivity index (χ0) is 16.1. The monoisotopic (exact) mass is 303 g/mol. The zero-order valence-electron chi connectivity index (χ0n) is 13.3. The van der Waals surface area contributed by atoms with E-state index in [4.69, 9.17) is 4.74 Å². The van der Waals surface area contributed by atoms with Crippen LogP contribution in [0.2, 0.25) is 0 Å². The highest BCUT2D eigenvalue weighted by Gasteiger charge is 2.22. The van der Waals surface area contributed by atoms with Gasteiger partial charge in [0.25, 0.3) is 0 Å². The molecule has 0 saturated carbocycles. The highest BCUT2D eigenvalue weighted by molar-refractivity contribution is 5.83. The number of rotatable bonds is 6. The number of hydrogen-bond acceptors (Lipinski definition) is 5. The lowest BCUT2D eigenvalue weighted by Gasteiger charge is -2.23. The second-order valence-corrected chi connectivity index (χ2v) is 5.39. The fourth-order valence-electron chi connectivity index (χ4n) is 2.34. The maximum atomic E-state index is 12.6. The molecule has 1 aromatic carbocycles. The van der Waals surface area contributed by atoms with Crippen molar-refractivity contribution in [2.45, 2.75) is 25.7 Å². The number of aromatic amines is 1. The molecule has 7 heteroatoms. The Kier molecular flexibility index (Phi) is 5.08. The Morgan fingerprint density at radius 1 is 1.41 bits per heavy atom. The van der Waals surface area contributed by atoms with Crippen molar-refractivity contribution in [2.24, 2.45) is 0 Å². The van der Waals surface area contributed by atoms with Crippen molar-refractivity contribution >= 4 is 5.91 Å².